The van der Waals surface area contributed by atoms with Gasteiger partial charge in [0.2, 0.25) is 0 Å². The molecule has 0 aliphatic carbocycles. The molecule has 1 aromatic heterocycles. The zero-order chi connectivity index (χ0) is 3.54. The van der Waals surface area contributed by atoms with E-state index in [9.17, 15) is 0 Å². The first-order chi connectivity index (χ1) is 2.50. The SMILES string of the molecule is [Br-].[Mg+2].[c-]1ccc[nH]1. The molecule has 0 fully saturated rings. The Morgan fingerprint density at radius 1 is 1.43 bits per heavy atom. The first-order valence-corrected chi connectivity index (χ1v) is 1.49. The van der Waals surface area contributed by atoms with Crippen LogP contribution in [0.1, 0.15) is 0 Å². The first-order valence-electron chi connectivity index (χ1n) is 1.49. The van der Waals surface area contributed by atoms with Crippen LogP contribution in [0.15, 0.2) is 18.3 Å². The monoisotopic (exact) mass is 169 g/mol. The Morgan fingerprint density at radius 2 is 2.14 bits per heavy atom. The molecule has 1 rings (SSSR count). The van der Waals surface area contributed by atoms with Gasteiger partial charge in [0.1, 0.15) is 0 Å². The average Bonchev–Trinajstić information content (AvgIpc) is 1.76. The summed E-state index contributed by atoms with van der Waals surface area (Å²) in [6, 6.07) is 3.71. The summed E-state index contributed by atoms with van der Waals surface area (Å²) in [7, 11) is 0. The van der Waals surface area contributed by atoms with Crippen LogP contribution in [0.2, 0.25) is 0 Å². The minimum absolute atomic E-state index is 0. The number of hydrogen-bond donors (Lipinski definition) is 1. The molecule has 0 saturated heterocycles. The minimum atomic E-state index is 0. The molecule has 0 amide bonds. The van der Waals surface area contributed by atoms with Crippen molar-refractivity contribution >= 4 is 23.1 Å². The van der Waals surface area contributed by atoms with Crippen LogP contribution in [-0.4, -0.2) is 28.0 Å². The number of aromatic amines is 1. The largest absolute Gasteiger partial charge is 2.00 e. The molecule has 0 unspecified atom stereocenters. The van der Waals surface area contributed by atoms with Crippen LogP contribution < -0.4 is 17.0 Å². The van der Waals surface area contributed by atoms with Gasteiger partial charge in [-0.25, -0.2) is 0 Å². The molecule has 0 aliphatic heterocycles. The Kier molecular flexibility index (Phi) is 9.79. The van der Waals surface area contributed by atoms with Gasteiger partial charge in [0, 0.05) is 0 Å². The fraction of sp³-hybridized carbons (Fsp3) is 0. The van der Waals surface area contributed by atoms with Crippen molar-refractivity contribution in [2.24, 2.45) is 0 Å². The molecular weight excluding hydrogens is 166 g/mol. The summed E-state index contributed by atoms with van der Waals surface area (Å²) in [4.78, 5) is 2.74. The molecule has 0 aromatic carbocycles. The van der Waals surface area contributed by atoms with Gasteiger partial charge in [-0.05, 0) is 0 Å². The van der Waals surface area contributed by atoms with E-state index in [4.69, 9.17) is 0 Å². The summed E-state index contributed by atoms with van der Waals surface area (Å²) >= 11 is 0. The summed E-state index contributed by atoms with van der Waals surface area (Å²) in [6.45, 7) is 0. The van der Waals surface area contributed by atoms with Gasteiger partial charge in [0.05, 0.1) is 0 Å². The van der Waals surface area contributed by atoms with E-state index in [1.54, 1.807) is 0 Å². The van der Waals surface area contributed by atoms with Crippen molar-refractivity contribution in [3.63, 3.8) is 0 Å². The Morgan fingerprint density at radius 3 is 2.29 bits per heavy atom. The quantitative estimate of drug-likeness (QED) is 0.326. The first kappa shape index (κ1) is 10.5. The second kappa shape index (κ2) is 6.53. The standard InChI is InChI=1S/C4H4N.BrH.Mg/c1-2-4-5-3-1;;/h1-3,5H;1H;/q-1;;+2/p-1. The van der Waals surface area contributed by atoms with Crippen molar-refractivity contribution in [3.05, 3.63) is 24.5 Å². The number of halogens is 1. The molecule has 3 heteroatoms. The van der Waals surface area contributed by atoms with E-state index in [0.717, 1.165) is 0 Å². The predicted molar refractivity (Wildman–Crippen MR) is 25.4 cm³/mol. The average molecular weight is 170 g/mol. The summed E-state index contributed by atoms with van der Waals surface area (Å²) in [5.74, 6) is 0. The van der Waals surface area contributed by atoms with Crippen LogP contribution in [0.3, 0.4) is 0 Å². The zero-order valence-electron chi connectivity index (χ0n) is 3.82. The minimum Gasteiger partial charge on any atom is -1.00 e. The summed E-state index contributed by atoms with van der Waals surface area (Å²) in [5, 5.41) is 0. The molecule has 0 spiro atoms. The Balaban J connectivity index is 0. The van der Waals surface area contributed by atoms with Gasteiger partial charge in [-0.1, -0.05) is 0 Å². The maximum absolute atomic E-state index is 2.74. The second-order valence-electron chi connectivity index (χ2n) is 0.814. The van der Waals surface area contributed by atoms with Gasteiger partial charge in [0.15, 0.2) is 0 Å². The van der Waals surface area contributed by atoms with Gasteiger partial charge in [-0.2, -0.15) is 18.3 Å². The van der Waals surface area contributed by atoms with E-state index in [1.807, 2.05) is 18.3 Å². The van der Waals surface area contributed by atoms with Crippen molar-refractivity contribution in [2.45, 2.75) is 0 Å². The Bertz CT molecular complexity index is 68.2. The van der Waals surface area contributed by atoms with E-state index in [1.165, 1.54) is 0 Å². The fourth-order valence-corrected chi connectivity index (χ4v) is 0.241. The maximum Gasteiger partial charge on any atom is 2.00 e. The molecule has 34 valence electrons. The molecule has 0 atom stereocenters. The number of nitrogens with one attached hydrogen (secondary N) is 1. The van der Waals surface area contributed by atoms with Crippen molar-refractivity contribution in [1.29, 1.82) is 0 Å². The van der Waals surface area contributed by atoms with Crippen LogP contribution in [0, 0.1) is 6.20 Å². The number of aromatic nitrogens is 1. The van der Waals surface area contributed by atoms with Crippen LogP contribution in [0.5, 0.6) is 0 Å². The third-order valence-electron chi connectivity index (χ3n) is 0.442. The van der Waals surface area contributed by atoms with Crippen LogP contribution >= 0.6 is 0 Å². The Labute approximate surface area is 69.4 Å². The second-order valence-corrected chi connectivity index (χ2v) is 0.814. The van der Waals surface area contributed by atoms with Crippen molar-refractivity contribution in [2.75, 3.05) is 0 Å². The molecule has 1 aromatic rings. The van der Waals surface area contributed by atoms with E-state index in [2.05, 4.69) is 11.2 Å². The fourth-order valence-electron chi connectivity index (χ4n) is 0.241. The van der Waals surface area contributed by atoms with Crippen molar-refractivity contribution in [3.8, 4) is 0 Å². The van der Waals surface area contributed by atoms with Crippen LogP contribution in [0.4, 0.5) is 0 Å². The van der Waals surface area contributed by atoms with E-state index >= 15 is 0 Å². The number of rotatable bonds is 0. The van der Waals surface area contributed by atoms with Crippen LogP contribution in [-0.2, 0) is 0 Å². The maximum atomic E-state index is 2.74. The molecule has 7 heavy (non-hydrogen) atoms. The summed E-state index contributed by atoms with van der Waals surface area (Å²) in [5.41, 5.74) is 0. The summed E-state index contributed by atoms with van der Waals surface area (Å²) in [6.07, 6.45) is 4.56. The molecule has 0 bridgehead atoms. The van der Waals surface area contributed by atoms with Crippen molar-refractivity contribution in [1.82, 2.24) is 4.98 Å². The smallest absolute Gasteiger partial charge is 1.00 e. The number of H-pyrrole nitrogens is 1. The van der Waals surface area contributed by atoms with Crippen molar-refractivity contribution < 1.29 is 17.0 Å². The molecule has 1 N–H and O–H groups in total. The summed E-state index contributed by atoms with van der Waals surface area (Å²) < 4.78 is 0. The molecule has 1 heterocycles. The van der Waals surface area contributed by atoms with E-state index in [-0.39, 0.29) is 40.0 Å². The Hall–Kier alpha value is 0.526. The van der Waals surface area contributed by atoms with Gasteiger partial charge in [-0.15, -0.1) is 6.20 Å². The molecule has 0 radical (unpaired) electrons. The molecular formula is C4H4BrMgN. The molecule has 0 saturated carbocycles. The van der Waals surface area contributed by atoms with Gasteiger partial charge >= 0.3 is 23.1 Å². The predicted octanol–water partition coefficient (Wildman–Crippen LogP) is -2.56. The third kappa shape index (κ3) is 4.38. The topological polar surface area (TPSA) is 15.8 Å². The van der Waals surface area contributed by atoms with Gasteiger partial charge < -0.3 is 22.0 Å². The molecule has 1 nitrogen and oxygen atoms in total. The normalized spacial score (nSPS) is 5.71. The zero-order valence-corrected chi connectivity index (χ0v) is 6.82. The third-order valence-corrected chi connectivity index (χ3v) is 0.442. The number of hydrogen-bond acceptors (Lipinski definition) is 0. The van der Waals surface area contributed by atoms with Gasteiger partial charge in [-0.3, -0.25) is 0 Å². The van der Waals surface area contributed by atoms with E-state index in [0.29, 0.717) is 0 Å². The molecule has 0 aliphatic rings. The van der Waals surface area contributed by atoms with E-state index < -0.39 is 0 Å². The van der Waals surface area contributed by atoms with Gasteiger partial charge in [0.25, 0.3) is 0 Å². The van der Waals surface area contributed by atoms with Crippen LogP contribution in [0.25, 0.3) is 0 Å².